The van der Waals surface area contributed by atoms with Crippen LogP contribution in [0.5, 0.6) is 5.75 Å². The molecule has 2 aromatic heterocycles. The normalized spacial score (nSPS) is 22.5. The number of aliphatic hydroxyl groups excluding tert-OH is 2. The molecule has 35 heavy (non-hydrogen) atoms. The average molecular weight is 508 g/mol. The number of methoxy groups -OCH3 is 1. The predicted octanol–water partition coefficient (Wildman–Crippen LogP) is -0.372. The lowest BCUT2D eigenvalue weighted by molar-refractivity contribution is -0.124. The van der Waals surface area contributed by atoms with Crippen LogP contribution in [0.4, 0.5) is 5.82 Å². The van der Waals surface area contributed by atoms with Crippen molar-refractivity contribution < 1.29 is 24.5 Å². The van der Waals surface area contributed by atoms with Crippen LogP contribution in [0.15, 0.2) is 36.9 Å². The molecule has 190 valence electrons. The first-order chi connectivity index (χ1) is 16.3. The number of imidazole rings is 1. The first kappa shape index (κ1) is 26.6. The van der Waals surface area contributed by atoms with Crippen LogP contribution in [0.2, 0.25) is 0 Å². The molecule has 3 heterocycles. The Hall–Kier alpha value is -3.03. The topological polar surface area (TPSA) is 161 Å². The number of hydrogen-bond acceptors (Lipinski definition) is 10. The van der Waals surface area contributed by atoms with E-state index in [0.717, 1.165) is 5.56 Å². The molecular weight excluding hydrogens is 478 g/mol. The summed E-state index contributed by atoms with van der Waals surface area (Å²) in [5.74, 6) is 0.861. The molecule has 0 saturated carbocycles. The zero-order chi connectivity index (χ0) is 24.4. The molecule has 1 aliphatic rings. The number of nitrogens with zero attached hydrogens (tertiary/aromatic N) is 5. The Balaban J connectivity index is 0.00000342. The van der Waals surface area contributed by atoms with Gasteiger partial charge in [0.15, 0.2) is 23.2 Å². The zero-order valence-electron chi connectivity index (χ0n) is 19.6. The van der Waals surface area contributed by atoms with E-state index in [1.807, 2.05) is 26.2 Å². The molecule has 0 unspecified atom stereocenters. The van der Waals surface area contributed by atoms with E-state index in [1.54, 1.807) is 28.7 Å². The molecule has 0 aliphatic carbocycles. The number of anilines is 1. The maximum absolute atomic E-state index is 12.8. The molecule has 5 atom stereocenters. The van der Waals surface area contributed by atoms with Crippen molar-refractivity contribution in [2.24, 2.45) is 5.73 Å². The van der Waals surface area contributed by atoms with Crippen molar-refractivity contribution >= 4 is 35.3 Å². The zero-order valence-corrected chi connectivity index (χ0v) is 20.4. The number of hydrogen-bond donors (Lipinski definition) is 4. The van der Waals surface area contributed by atoms with Gasteiger partial charge in [-0.1, -0.05) is 12.1 Å². The summed E-state index contributed by atoms with van der Waals surface area (Å²) in [6.45, 7) is -0.406. The van der Waals surface area contributed by atoms with Crippen LogP contribution >= 0.6 is 12.4 Å². The Morgan fingerprint density at radius 1 is 1.29 bits per heavy atom. The van der Waals surface area contributed by atoms with Gasteiger partial charge in [-0.3, -0.25) is 9.36 Å². The molecule has 1 aromatic carbocycles. The van der Waals surface area contributed by atoms with Gasteiger partial charge in [0.2, 0.25) is 5.91 Å². The summed E-state index contributed by atoms with van der Waals surface area (Å²) in [6, 6.07) is 5.52. The number of carbonyl (C=O) groups is 1. The average Bonchev–Trinajstić information content (AvgIpc) is 3.40. The molecule has 4 rings (SSSR count). The minimum Gasteiger partial charge on any atom is -0.497 e. The van der Waals surface area contributed by atoms with Crippen LogP contribution < -0.4 is 20.7 Å². The number of nitrogens with two attached hydrogens (primary N) is 1. The van der Waals surface area contributed by atoms with E-state index in [0.29, 0.717) is 29.2 Å². The number of rotatable bonds is 8. The summed E-state index contributed by atoms with van der Waals surface area (Å²) in [4.78, 5) is 27.5. The Labute approximate surface area is 208 Å². The number of aromatic nitrogens is 4. The third-order valence-electron chi connectivity index (χ3n) is 5.85. The summed E-state index contributed by atoms with van der Waals surface area (Å²) >= 11 is 0. The maximum atomic E-state index is 12.8. The number of fused-ring (bicyclic) bond motifs is 1. The van der Waals surface area contributed by atoms with Gasteiger partial charge >= 0.3 is 0 Å². The molecule has 0 spiro atoms. The lowest BCUT2D eigenvalue weighted by atomic mass is 10.0. The number of benzene rings is 1. The number of carbonyl (C=O) groups excluding carboxylic acids is 1. The van der Waals surface area contributed by atoms with E-state index in [1.165, 1.54) is 12.7 Å². The summed E-state index contributed by atoms with van der Waals surface area (Å²) in [5, 5.41) is 23.6. The van der Waals surface area contributed by atoms with Gasteiger partial charge < -0.3 is 35.6 Å². The maximum Gasteiger partial charge on any atom is 0.237 e. The number of ether oxygens (including phenoxy) is 2. The van der Waals surface area contributed by atoms with Crippen LogP contribution in [0.1, 0.15) is 11.8 Å². The Bertz CT molecular complexity index is 1140. The van der Waals surface area contributed by atoms with E-state index in [-0.39, 0.29) is 12.4 Å². The van der Waals surface area contributed by atoms with Gasteiger partial charge in [-0.05, 0) is 24.1 Å². The van der Waals surface area contributed by atoms with Crippen molar-refractivity contribution in [3.63, 3.8) is 0 Å². The SMILES string of the molecule is COc1ccc(C[C@H](N)C(=O)N[C@H]2[C@@H](O)[C@H](n3cnc4c(N(C)C)ncnc43)O[C@@H]2CO)cc1.Cl. The molecule has 3 aromatic rings. The van der Waals surface area contributed by atoms with Gasteiger partial charge in [0.25, 0.3) is 0 Å². The molecule has 0 radical (unpaired) electrons. The summed E-state index contributed by atoms with van der Waals surface area (Å²) in [5.41, 5.74) is 7.98. The molecule has 1 saturated heterocycles. The summed E-state index contributed by atoms with van der Waals surface area (Å²) in [7, 11) is 5.25. The highest BCUT2D eigenvalue weighted by Gasteiger charge is 2.46. The van der Waals surface area contributed by atoms with Crippen LogP contribution in [0.3, 0.4) is 0 Å². The lowest BCUT2D eigenvalue weighted by Crippen LogP contribution is -2.53. The fourth-order valence-corrected chi connectivity index (χ4v) is 4.04. The Morgan fingerprint density at radius 3 is 2.63 bits per heavy atom. The Kier molecular flexibility index (Phi) is 8.46. The lowest BCUT2D eigenvalue weighted by Gasteiger charge is -2.23. The van der Waals surface area contributed by atoms with Gasteiger partial charge in [0.1, 0.15) is 24.3 Å². The van der Waals surface area contributed by atoms with E-state index < -0.39 is 43.0 Å². The predicted molar refractivity (Wildman–Crippen MR) is 131 cm³/mol. The monoisotopic (exact) mass is 507 g/mol. The van der Waals surface area contributed by atoms with E-state index in [4.69, 9.17) is 15.2 Å². The van der Waals surface area contributed by atoms with Crippen LogP contribution in [-0.2, 0) is 16.0 Å². The van der Waals surface area contributed by atoms with Crippen LogP contribution in [-0.4, -0.2) is 87.7 Å². The van der Waals surface area contributed by atoms with Crippen molar-refractivity contribution in [2.45, 2.75) is 36.9 Å². The van der Waals surface area contributed by atoms with Crippen molar-refractivity contribution in [3.05, 3.63) is 42.5 Å². The molecule has 5 N–H and O–H groups in total. The number of aliphatic hydroxyl groups is 2. The smallest absolute Gasteiger partial charge is 0.237 e. The van der Waals surface area contributed by atoms with E-state index in [9.17, 15) is 15.0 Å². The van der Waals surface area contributed by atoms with Gasteiger partial charge in [0.05, 0.1) is 32.1 Å². The number of halogens is 1. The van der Waals surface area contributed by atoms with Crippen LogP contribution in [0, 0.1) is 0 Å². The first-order valence-corrected chi connectivity index (χ1v) is 10.8. The second-order valence-electron chi connectivity index (χ2n) is 8.35. The van der Waals surface area contributed by atoms with Crippen molar-refractivity contribution in [2.75, 3.05) is 32.7 Å². The number of nitrogens with one attached hydrogen (secondary N) is 1. The van der Waals surface area contributed by atoms with Crippen LogP contribution in [0.25, 0.3) is 11.2 Å². The second kappa shape index (κ2) is 11.1. The molecule has 0 bridgehead atoms. The standard InChI is InChI=1S/C22H29N7O5.ClH/c1-28(2)19-17-20(25-10-24-19)29(11-26-17)22-18(31)16(15(9-30)34-22)27-21(32)14(23)8-12-4-6-13(33-3)7-5-12;/h4-7,10-11,14-16,18,22,30-31H,8-9,23H2,1-3H3,(H,27,32);1H/t14-,15+,16+,18+,22+;/m0./s1. The highest BCUT2D eigenvalue weighted by molar-refractivity contribution is 5.85. The third kappa shape index (κ3) is 5.31. The second-order valence-corrected chi connectivity index (χ2v) is 8.35. The fourth-order valence-electron chi connectivity index (χ4n) is 4.04. The van der Waals surface area contributed by atoms with Gasteiger partial charge in [-0.25, -0.2) is 15.0 Å². The largest absolute Gasteiger partial charge is 0.497 e. The van der Waals surface area contributed by atoms with E-state index in [2.05, 4.69) is 20.3 Å². The molecule has 1 fully saturated rings. The van der Waals surface area contributed by atoms with Gasteiger partial charge in [0, 0.05) is 14.1 Å². The first-order valence-electron chi connectivity index (χ1n) is 10.8. The number of amides is 1. The van der Waals surface area contributed by atoms with Crippen molar-refractivity contribution in [1.29, 1.82) is 0 Å². The van der Waals surface area contributed by atoms with Crippen molar-refractivity contribution in [1.82, 2.24) is 24.8 Å². The van der Waals surface area contributed by atoms with Gasteiger partial charge in [-0.15, -0.1) is 12.4 Å². The molecular formula is C22H30ClN7O5. The highest BCUT2D eigenvalue weighted by atomic mass is 35.5. The minimum atomic E-state index is -1.18. The minimum absolute atomic E-state index is 0. The quantitative estimate of drug-likeness (QED) is 0.316. The summed E-state index contributed by atoms with van der Waals surface area (Å²) in [6.07, 6.45) is 0.250. The summed E-state index contributed by atoms with van der Waals surface area (Å²) < 4.78 is 12.6. The molecule has 12 nitrogen and oxygen atoms in total. The molecule has 1 amide bonds. The fraction of sp³-hybridized carbons (Fsp3) is 0.455. The van der Waals surface area contributed by atoms with Gasteiger partial charge in [-0.2, -0.15) is 0 Å². The van der Waals surface area contributed by atoms with E-state index >= 15 is 0 Å². The molecule has 1 aliphatic heterocycles. The molecule has 13 heteroatoms. The Morgan fingerprint density at radius 2 is 2.00 bits per heavy atom. The highest BCUT2D eigenvalue weighted by Crippen LogP contribution is 2.32. The third-order valence-corrected chi connectivity index (χ3v) is 5.85. The van der Waals surface area contributed by atoms with Crippen molar-refractivity contribution in [3.8, 4) is 5.75 Å².